The average molecular weight is 368 g/mol. The fourth-order valence-electron chi connectivity index (χ4n) is 2.07. The summed E-state index contributed by atoms with van der Waals surface area (Å²) in [4.78, 5) is 12.0. The Hall–Kier alpha value is -0.290. The van der Waals surface area contributed by atoms with Crippen molar-refractivity contribution in [3.63, 3.8) is 0 Å². The van der Waals surface area contributed by atoms with E-state index in [2.05, 4.69) is 26.6 Å². The van der Waals surface area contributed by atoms with Gasteiger partial charge in [-0.25, -0.2) is 0 Å². The Balaban J connectivity index is 0.00000180. The first-order valence-electron chi connectivity index (χ1n) is 6.11. The van der Waals surface area contributed by atoms with Gasteiger partial charge in [-0.15, -0.1) is 12.4 Å². The van der Waals surface area contributed by atoms with Crippen LogP contribution in [-0.4, -0.2) is 25.5 Å². The molecule has 0 bridgehead atoms. The lowest BCUT2D eigenvalue weighted by atomic mass is 10.00. The summed E-state index contributed by atoms with van der Waals surface area (Å²) in [5.41, 5.74) is 0.634. The van der Waals surface area contributed by atoms with Gasteiger partial charge >= 0.3 is 0 Å². The normalized spacial score (nSPS) is 18.5. The van der Waals surface area contributed by atoms with E-state index in [4.69, 9.17) is 11.6 Å². The first kappa shape index (κ1) is 16.8. The van der Waals surface area contributed by atoms with Gasteiger partial charge in [-0.1, -0.05) is 11.6 Å². The number of carbonyl (C=O) groups excluding carboxylic acids is 1. The summed E-state index contributed by atoms with van der Waals surface area (Å²) < 4.78 is 0.746. The van der Waals surface area contributed by atoms with E-state index >= 15 is 0 Å². The van der Waals surface area contributed by atoms with Crippen LogP contribution in [0.4, 0.5) is 0 Å². The summed E-state index contributed by atoms with van der Waals surface area (Å²) in [6, 6.07) is 5.21. The van der Waals surface area contributed by atoms with Crippen molar-refractivity contribution in [2.75, 3.05) is 19.6 Å². The highest BCUT2D eigenvalue weighted by atomic mass is 79.9. The van der Waals surface area contributed by atoms with Crippen molar-refractivity contribution in [3.8, 4) is 0 Å². The zero-order chi connectivity index (χ0) is 13.0. The number of piperidine rings is 1. The molecule has 106 valence electrons. The molecule has 0 saturated carbocycles. The largest absolute Gasteiger partial charge is 0.352 e. The number of rotatable bonds is 3. The molecule has 1 aliphatic heterocycles. The van der Waals surface area contributed by atoms with Crippen LogP contribution in [0, 0.1) is 5.92 Å². The van der Waals surface area contributed by atoms with Gasteiger partial charge in [0.2, 0.25) is 0 Å². The van der Waals surface area contributed by atoms with Gasteiger partial charge in [0.1, 0.15) is 0 Å². The van der Waals surface area contributed by atoms with Crippen LogP contribution in [0.2, 0.25) is 5.02 Å². The lowest BCUT2D eigenvalue weighted by Gasteiger charge is -2.22. The van der Waals surface area contributed by atoms with E-state index in [1.165, 1.54) is 12.8 Å². The zero-order valence-electron chi connectivity index (χ0n) is 10.4. The van der Waals surface area contributed by atoms with E-state index in [9.17, 15) is 4.79 Å². The maximum atomic E-state index is 12.0. The summed E-state index contributed by atoms with van der Waals surface area (Å²) in [6.07, 6.45) is 2.37. The fourth-order valence-corrected chi connectivity index (χ4v) is 2.57. The molecule has 1 saturated heterocycles. The predicted molar refractivity (Wildman–Crippen MR) is 84.3 cm³/mol. The molecule has 0 radical (unpaired) electrons. The highest BCUT2D eigenvalue weighted by molar-refractivity contribution is 9.10. The van der Waals surface area contributed by atoms with Crippen LogP contribution in [0.3, 0.4) is 0 Å². The van der Waals surface area contributed by atoms with Crippen LogP contribution < -0.4 is 10.6 Å². The van der Waals surface area contributed by atoms with Crippen LogP contribution in [-0.2, 0) is 0 Å². The molecule has 1 unspecified atom stereocenters. The molecule has 1 amide bonds. The van der Waals surface area contributed by atoms with Crippen LogP contribution in [0.1, 0.15) is 23.2 Å². The molecule has 1 aromatic carbocycles. The highest BCUT2D eigenvalue weighted by Crippen LogP contribution is 2.23. The second kappa shape index (κ2) is 8.10. The Morgan fingerprint density at radius 2 is 2.32 bits per heavy atom. The van der Waals surface area contributed by atoms with E-state index < -0.39 is 0 Å². The molecule has 2 N–H and O–H groups in total. The SMILES string of the molecule is Cl.O=C(NCC1CCCNC1)c1ccc(Cl)c(Br)c1. The fraction of sp³-hybridized carbons (Fsp3) is 0.462. The maximum absolute atomic E-state index is 12.0. The van der Waals surface area contributed by atoms with E-state index in [-0.39, 0.29) is 18.3 Å². The van der Waals surface area contributed by atoms with Gasteiger partial charge in [0.15, 0.2) is 0 Å². The van der Waals surface area contributed by atoms with Crippen molar-refractivity contribution in [2.24, 2.45) is 5.92 Å². The maximum Gasteiger partial charge on any atom is 0.251 e. The number of halogens is 3. The van der Waals surface area contributed by atoms with Gasteiger partial charge < -0.3 is 10.6 Å². The van der Waals surface area contributed by atoms with Gasteiger partial charge in [-0.2, -0.15) is 0 Å². The lowest BCUT2D eigenvalue weighted by molar-refractivity contribution is 0.0945. The van der Waals surface area contributed by atoms with Crippen LogP contribution >= 0.6 is 39.9 Å². The van der Waals surface area contributed by atoms with Gasteiger partial charge in [-0.3, -0.25) is 4.79 Å². The summed E-state index contributed by atoms with van der Waals surface area (Å²) in [5.74, 6) is 0.497. The Morgan fingerprint density at radius 1 is 1.53 bits per heavy atom. The van der Waals surface area contributed by atoms with Crippen molar-refractivity contribution in [1.29, 1.82) is 0 Å². The number of hydrogen-bond donors (Lipinski definition) is 2. The van der Waals surface area contributed by atoms with E-state index in [0.29, 0.717) is 16.5 Å². The molecule has 1 fully saturated rings. The number of hydrogen-bond acceptors (Lipinski definition) is 2. The van der Waals surface area contributed by atoms with Crippen molar-refractivity contribution < 1.29 is 4.79 Å². The van der Waals surface area contributed by atoms with E-state index in [1.54, 1.807) is 18.2 Å². The molecule has 1 heterocycles. The number of nitrogens with one attached hydrogen (secondary N) is 2. The third kappa shape index (κ3) is 4.95. The second-order valence-electron chi connectivity index (χ2n) is 4.55. The number of carbonyl (C=O) groups is 1. The topological polar surface area (TPSA) is 41.1 Å². The smallest absolute Gasteiger partial charge is 0.251 e. The molecule has 3 nitrogen and oxygen atoms in total. The molecular formula is C13H17BrCl2N2O. The van der Waals surface area contributed by atoms with Gasteiger partial charge in [0, 0.05) is 16.6 Å². The van der Waals surface area contributed by atoms with E-state index in [0.717, 1.165) is 24.1 Å². The second-order valence-corrected chi connectivity index (χ2v) is 5.81. The lowest BCUT2D eigenvalue weighted by Crippen LogP contribution is -2.38. The highest BCUT2D eigenvalue weighted by Gasteiger charge is 2.14. The number of benzene rings is 1. The molecular weight excluding hydrogens is 351 g/mol. The van der Waals surface area contributed by atoms with Crippen molar-refractivity contribution in [2.45, 2.75) is 12.8 Å². The minimum absolute atomic E-state index is 0. The Kier molecular flexibility index (Phi) is 7.15. The third-order valence-corrected chi connectivity index (χ3v) is 4.35. The predicted octanol–water partition coefficient (Wildman–Crippen LogP) is 3.25. The third-order valence-electron chi connectivity index (χ3n) is 3.13. The minimum Gasteiger partial charge on any atom is -0.352 e. The molecule has 0 aromatic heterocycles. The summed E-state index contributed by atoms with van der Waals surface area (Å²) in [5, 5.41) is 6.93. The Morgan fingerprint density at radius 3 is 2.95 bits per heavy atom. The summed E-state index contributed by atoms with van der Waals surface area (Å²) in [7, 11) is 0. The Bertz CT molecular complexity index is 437. The standard InChI is InChI=1S/C13H16BrClN2O.ClH/c14-11-6-10(3-4-12(11)15)13(18)17-8-9-2-1-5-16-7-9;/h3-4,6,9,16H,1-2,5,7-8H2,(H,17,18);1H. The van der Waals surface area contributed by atoms with Crippen LogP contribution in [0.25, 0.3) is 0 Å². The minimum atomic E-state index is -0.0436. The molecule has 19 heavy (non-hydrogen) atoms. The van der Waals surface area contributed by atoms with Crippen LogP contribution in [0.5, 0.6) is 0 Å². The van der Waals surface area contributed by atoms with Gasteiger partial charge in [0.05, 0.1) is 5.02 Å². The van der Waals surface area contributed by atoms with Crippen molar-refractivity contribution >= 4 is 45.8 Å². The van der Waals surface area contributed by atoms with Crippen molar-refractivity contribution in [3.05, 3.63) is 33.3 Å². The molecule has 1 aliphatic rings. The monoisotopic (exact) mass is 366 g/mol. The first-order valence-corrected chi connectivity index (χ1v) is 7.28. The van der Waals surface area contributed by atoms with Gasteiger partial charge in [0.25, 0.3) is 5.91 Å². The average Bonchev–Trinajstić information content (AvgIpc) is 2.40. The van der Waals surface area contributed by atoms with Crippen molar-refractivity contribution in [1.82, 2.24) is 10.6 Å². The number of amides is 1. The molecule has 2 rings (SSSR count). The molecule has 1 aromatic rings. The molecule has 0 aliphatic carbocycles. The van der Waals surface area contributed by atoms with Gasteiger partial charge in [-0.05, 0) is 66.0 Å². The Labute approximate surface area is 133 Å². The summed E-state index contributed by atoms with van der Waals surface area (Å²) >= 11 is 9.22. The van der Waals surface area contributed by atoms with E-state index in [1.807, 2.05) is 0 Å². The molecule has 6 heteroatoms. The quantitative estimate of drug-likeness (QED) is 0.860. The zero-order valence-corrected chi connectivity index (χ0v) is 13.6. The molecule has 0 spiro atoms. The summed E-state index contributed by atoms with van der Waals surface area (Å²) in [6.45, 7) is 2.81. The van der Waals surface area contributed by atoms with Crippen LogP contribution in [0.15, 0.2) is 22.7 Å². The first-order chi connectivity index (χ1) is 8.66. The molecule has 1 atom stereocenters.